The van der Waals surface area contributed by atoms with Crippen LogP contribution in [0.3, 0.4) is 0 Å². The van der Waals surface area contributed by atoms with Crippen molar-refractivity contribution in [2.45, 2.75) is 58.2 Å². The Morgan fingerprint density at radius 1 is 1.13 bits per heavy atom. The van der Waals surface area contributed by atoms with Gasteiger partial charge in [0.2, 0.25) is 0 Å². The van der Waals surface area contributed by atoms with Crippen LogP contribution < -0.4 is 5.32 Å². The zero-order valence-corrected chi connectivity index (χ0v) is 13.6. The number of hydrogen-bond acceptors (Lipinski definition) is 1. The molecule has 5 heteroatoms. The molecule has 1 amide bonds. The minimum Gasteiger partial charge on any atom is -0.349 e. The van der Waals surface area contributed by atoms with Crippen LogP contribution in [0.2, 0.25) is 0 Å². The monoisotopic (exact) mass is 327 g/mol. The van der Waals surface area contributed by atoms with E-state index in [4.69, 9.17) is 0 Å². The van der Waals surface area contributed by atoms with Crippen LogP contribution in [-0.2, 0) is 6.42 Å². The van der Waals surface area contributed by atoms with Crippen LogP contribution in [0.4, 0.5) is 13.2 Å². The summed E-state index contributed by atoms with van der Waals surface area (Å²) in [7, 11) is 0. The van der Waals surface area contributed by atoms with Crippen LogP contribution >= 0.6 is 0 Å². The Balaban J connectivity index is 1.85. The van der Waals surface area contributed by atoms with Crippen molar-refractivity contribution in [2.75, 3.05) is 0 Å². The molecule has 1 aromatic carbocycles. The Labute approximate surface area is 135 Å². The fraction of sp³-hybridized carbons (Fsp3) is 0.611. The third kappa shape index (κ3) is 5.26. The van der Waals surface area contributed by atoms with E-state index < -0.39 is 12.1 Å². The van der Waals surface area contributed by atoms with Crippen LogP contribution in [0.5, 0.6) is 0 Å². The Kier molecular flexibility index (Phi) is 5.71. The van der Waals surface area contributed by atoms with Gasteiger partial charge in [0.25, 0.3) is 5.91 Å². The second kappa shape index (κ2) is 7.37. The van der Waals surface area contributed by atoms with Crippen molar-refractivity contribution in [1.82, 2.24) is 5.32 Å². The van der Waals surface area contributed by atoms with Gasteiger partial charge in [0.05, 0.1) is 5.92 Å². The molecule has 0 spiro atoms. The lowest BCUT2D eigenvalue weighted by molar-refractivity contribution is -0.182. The zero-order chi connectivity index (χ0) is 17.0. The molecule has 1 fully saturated rings. The number of carbonyl (C=O) groups excluding carboxylic acids is 1. The fourth-order valence-corrected chi connectivity index (χ4v) is 3.10. The molecular formula is C18H24F3NO. The molecule has 0 aromatic heterocycles. The molecule has 0 unspecified atom stereocenters. The maximum atomic E-state index is 12.6. The maximum Gasteiger partial charge on any atom is 0.391 e. The standard InChI is InChI=1S/C18H24F3NO/c1-12(2)11-13-3-5-14(6-4-13)17(23)22-16-9-7-15(8-10-16)18(19,20)21/h3-6,12,15-16H,7-11H2,1-2H3,(H,22,23). The van der Waals surface area contributed by atoms with E-state index in [2.05, 4.69) is 19.2 Å². The lowest BCUT2D eigenvalue weighted by Crippen LogP contribution is -2.40. The second-order valence-corrected chi connectivity index (χ2v) is 6.86. The van der Waals surface area contributed by atoms with Crippen molar-refractivity contribution in [1.29, 1.82) is 0 Å². The molecule has 0 bridgehead atoms. The minimum absolute atomic E-state index is 0.0990. The van der Waals surface area contributed by atoms with E-state index in [0.29, 0.717) is 24.3 Å². The number of carbonyl (C=O) groups is 1. The van der Waals surface area contributed by atoms with Crippen LogP contribution in [0, 0.1) is 11.8 Å². The summed E-state index contributed by atoms with van der Waals surface area (Å²) in [5, 5.41) is 2.86. The molecule has 2 nitrogen and oxygen atoms in total. The summed E-state index contributed by atoms with van der Waals surface area (Å²) in [6.45, 7) is 4.27. The average molecular weight is 327 g/mol. The third-order valence-corrected chi connectivity index (χ3v) is 4.39. The number of hydrogen-bond donors (Lipinski definition) is 1. The molecule has 23 heavy (non-hydrogen) atoms. The molecule has 1 aromatic rings. The topological polar surface area (TPSA) is 29.1 Å². The summed E-state index contributed by atoms with van der Waals surface area (Å²) in [4.78, 5) is 12.2. The fourth-order valence-electron chi connectivity index (χ4n) is 3.10. The van der Waals surface area contributed by atoms with Crippen molar-refractivity contribution in [3.8, 4) is 0 Å². The summed E-state index contributed by atoms with van der Waals surface area (Å²) < 4.78 is 37.9. The van der Waals surface area contributed by atoms with Crippen molar-refractivity contribution < 1.29 is 18.0 Å². The highest BCUT2D eigenvalue weighted by Gasteiger charge is 2.41. The van der Waals surface area contributed by atoms with Gasteiger partial charge in [-0.05, 0) is 55.7 Å². The molecule has 0 heterocycles. The number of halogens is 3. The van der Waals surface area contributed by atoms with Gasteiger partial charge in [0, 0.05) is 11.6 Å². The van der Waals surface area contributed by atoms with E-state index in [0.717, 1.165) is 6.42 Å². The quantitative estimate of drug-likeness (QED) is 0.850. The zero-order valence-electron chi connectivity index (χ0n) is 13.6. The minimum atomic E-state index is -4.11. The molecule has 1 aliphatic rings. The Bertz CT molecular complexity index is 514. The average Bonchev–Trinajstić information content (AvgIpc) is 2.47. The van der Waals surface area contributed by atoms with Crippen LogP contribution in [-0.4, -0.2) is 18.1 Å². The lowest BCUT2D eigenvalue weighted by Gasteiger charge is -2.30. The molecule has 1 aliphatic carbocycles. The smallest absolute Gasteiger partial charge is 0.349 e. The Morgan fingerprint density at radius 3 is 2.17 bits per heavy atom. The highest BCUT2D eigenvalue weighted by Crippen LogP contribution is 2.37. The van der Waals surface area contributed by atoms with Gasteiger partial charge in [0.15, 0.2) is 0 Å². The maximum absolute atomic E-state index is 12.6. The normalized spacial score (nSPS) is 22.2. The summed E-state index contributed by atoms with van der Waals surface area (Å²) in [5.74, 6) is -0.860. The van der Waals surface area contributed by atoms with Crippen molar-refractivity contribution >= 4 is 5.91 Å². The van der Waals surface area contributed by atoms with Gasteiger partial charge in [-0.3, -0.25) is 4.79 Å². The molecule has 128 valence electrons. The molecule has 1 saturated carbocycles. The molecule has 2 rings (SSSR count). The molecule has 0 saturated heterocycles. The molecule has 0 aliphatic heterocycles. The van der Waals surface area contributed by atoms with E-state index in [1.54, 1.807) is 12.1 Å². The van der Waals surface area contributed by atoms with Gasteiger partial charge < -0.3 is 5.32 Å². The van der Waals surface area contributed by atoms with E-state index in [1.165, 1.54) is 5.56 Å². The van der Waals surface area contributed by atoms with Crippen molar-refractivity contribution in [3.63, 3.8) is 0 Å². The Morgan fingerprint density at radius 2 is 1.70 bits per heavy atom. The summed E-state index contributed by atoms with van der Waals surface area (Å²) in [5.41, 5.74) is 1.75. The number of amides is 1. The number of alkyl halides is 3. The van der Waals surface area contributed by atoms with Crippen molar-refractivity contribution in [3.05, 3.63) is 35.4 Å². The lowest BCUT2D eigenvalue weighted by atomic mass is 9.85. The highest BCUT2D eigenvalue weighted by atomic mass is 19.4. The van der Waals surface area contributed by atoms with Gasteiger partial charge in [0.1, 0.15) is 0 Å². The first-order valence-electron chi connectivity index (χ1n) is 8.22. The third-order valence-electron chi connectivity index (χ3n) is 4.39. The molecular weight excluding hydrogens is 303 g/mol. The van der Waals surface area contributed by atoms with Gasteiger partial charge >= 0.3 is 6.18 Å². The van der Waals surface area contributed by atoms with Crippen LogP contribution in [0.1, 0.15) is 55.5 Å². The predicted molar refractivity (Wildman–Crippen MR) is 84.3 cm³/mol. The summed E-state index contributed by atoms with van der Waals surface area (Å²) >= 11 is 0. The van der Waals surface area contributed by atoms with Gasteiger partial charge in [-0.2, -0.15) is 13.2 Å². The van der Waals surface area contributed by atoms with Crippen LogP contribution in [0.15, 0.2) is 24.3 Å². The first kappa shape index (κ1) is 17.8. The largest absolute Gasteiger partial charge is 0.391 e. The molecule has 0 atom stereocenters. The number of benzene rings is 1. The van der Waals surface area contributed by atoms with Crippen molar-refractivity contribution in [2.24, 2.45) is 11.8 Å². The molecule has 0 radical (unpaired) electrons. The Hall–Kier alpha value is -1.52. The number of rotatable bonds is 4. The van der Waals surface area contributed by atoms with Crippen LogP contribution in [0.25, 0.3) is 0 Å². The predicted octanol–water partition coefficient (Wildman–Crippen LogP) is 4.74. The van der Waals surface area contributed by atoms with E-state index >= 15 is 0 Å². The summed E-state index contributed by atoms with van der Waals surface area (Å²) in [6, 6.07) is 7.30. The van der Waals surface area contributed by atoms with E-state index in [1.807, 2.05) is 12.1 Å². The second-order valence-electron chi connectivity index (χ2n) is 6.86. The van der Waals surface area contributed by atoms with Gasteiger partial charge in [-0.25, -0.2) is 0 Å². The molecule has 1 N–H and O–H groups in total. The highest BCUT2D eigenvalue weighted by molar-refractivity contribution is 5.94. The van der Waals surface area contributed by atoms with Gasteiger partial charge in [-0.15, -0.1) is 0 Å². The SMILES string of the molecule is CC(C)Cc1ccc(C(=O)NC2CCC(C(F)(F)F)CC2)cc1. The first-order valence-corrected chi connectivity index (χ1v) is 8.22. The first-order chi connectivity index (χ1) is 10.8. The van der Waals surface area contributed by atoms with E-state index in [9.17, 15) is 18.0 Å². The van der Waals surface area contributed by atoms with E-state index in [-0.39, 0.29) is 24.8 Å². The van der Waals surface area contributed by atoms with Gasteiger partial charge in [-0.1, -0.05) is 26.0 Å². The summed E-state index contributed by atoms with van der Waals surface area (Å²) in [6.07, 6.45) is -2.17. The number of nitrogens with one attached hydrogen (secondary N) is 1.